The van der Waals surface area contributed by atoms with Crippen LogP contribution in [0.15, 0.2) is 53.7 Å². The molecule has 6 bridgehead atoms. The summed E-state index contributed by atoms with van der Waals surface area (Å²) in [5, 5.41) is 14.2. The van der Waals surface area contributed by atoms with Crippen molar-refractivity contribution in [3.05, 3.63) is 64.8 Å². The summed E-state index contributed by atoms with van der Waals surface area (Å²) in [6.07, 6.45) is 13.1. The Kier molecular flexibility index (Phi) is 7.69. The van der Waals surface area contributed by atoms with Crippen LogP contribution in [0.3, 0.4) is 0 Å². The van der Waals surface area contributed by atoms with E-state index < -0.39 is 0 Å². The van der Waals surface area contributed by atoms with E-state index in [1.165, 1.54) is 0 Å². The van der Waals surface area contributed by atoms with E-state index in [1.807, 2.05) is 29.3 Å². The molecule has 212 valence electrons. The van der Waals surface area contributed by atoms with Gasteiger partial charge in [0.05, 0.1) is 18.0 Å². The summed E-state index contributed by atoms with van der Waals surface area (Å²) in [5.74, 6) is 1.40. The van der Waals surface area contributed by atoms with E-state index >= 15 is 0 Å². The van der Waals surface area contributed by atoms with Crippen LogP contribution >= 0.6 is 11.6 Å². The number of halogens is 1. The second kappa shape index (κ2) is 11.7. The van der Waals surface area contributed by atoms with Gasteiger partial charge in [-0.2, -0.15) is 10.1 Å². The van der Waals surface area contributed by atoms with Gasteiger partial charge in [0.25, 0.3) is 5.91 Å². The largest absolute Gasteiger partial charge is 0.339 e. The van der Waals surface area contributed by atoms with Gasteiger partial charge in [-0.25, -0.2) is 4.98 Å². The molecule has 5 heterocycles. The molecule has 1 aromatic carbocycles. The van der Waals surface area contributed by atoms with Gasteiger partial charge in [0.2, 0.25) is 11.9 Å². The average molecular weight is 574 g/mol. The first-order valence-corrected chi connectivity index (χ1v) is 14.3. The zero-order chi connectivity index (χ0) is 28.3. The quantitative estimate of drug-likeness (QED) is 0.409. The first-order chi connectivity index (χ1) is 19.9. The Morgan fingerprint density at radius 2 is 2.00 bits per heavy atom. The number of benzene rings is 1. The highest BCUT2D eigenvalue weighted by Crippen LogP contribution is 2.31. The highest BCUT2D eigenvalue weighted by atomic mass is 35.5. The number of allylic oxidation sites excluding steroid dienone is 1. The van der Waals surface area contributed by atoms with E-state index in [0.29, 0.717) is 41.9 Å². The van der Waals surface area contributed by atoms with Gasteiger partial charge in [-0.15, -0.1) is 0 Å². The first kappa shape index (κ1) is 26.9. The number of amides is 2. The molecule has 0 aliphatic carbocycles. The van der Waals surface area contributed by atoms with E-state index in [4.69, 9.17) is 11.6 Å². The number of piperidine rings is 1. The maximum Gasteiger partial charge on any atom is 0.257 e. The number of carbonyl (C=O) groups excluding carboxylic acids is 2. The second-order valence-electron chi connectivity index (χ2n) is 10.9. The molecule has 0 radical (unpaired) electrons. The third-order valence-corrected chi connectivity index (χ3v) is 8.06. The fourth-order valence-electron chi connectivity index (χ4n) is 5.56. The molecule has 12 heteroatoms. The molecule has 2 aromatic heterocycles. The monoisotopic (exact) mass is 573 g/mol. The van der Waals surface area contributed by atoms with Crippen molar-refractivity contribution in [3.63, 3.8) is 0 Å². The Hall–Kier alpha value is -4.25. The number of fused-ring (bicyclic) bond motifs is 6. The van der Waals surface area contributed by atoms with Crippen LogP contribution in [-0.2, 0) is 18.3 Å². The smallest absolute Gasteiger partial charge is 0.257 e. The maximum absolute atomic E-state index is 13.2. The van der Waals surface area contributed by atoms with Gasteiger partial charge in [0, 0.05) is 68.2 Å². The molecule has 3 aliphatic heterocycles. The van der Waals surface area contributed by atoms with Gasteiger partial charge in [-0.1, -0.05) is 11.6 Å². The zero-order valence-electron chi connectivity index (χ0n) is 22.8. The number of aryl methyl sites for hydroxylation is 2. The summed E-state index contributed by atoms with van der Waals surface area (Å²) in [4.78, 5) is 41.0. The molecule has 2 amide bonds. The van der Waals surface area contributed by atoms with Crippen molar-refractivity contribution in [3.8, 4) is 0 Å². The summed E-state index contributed by atoms with van der Waals surface area (Å²) in [6.45, 7) is 1.28. The van der Waals surface area contributed by atoms with Crippen molar-refractivity contribution in [2.24, 2.45) is 23.9 Å². The van der Waals surface area contributed by atoms with Crippen LogP contribution in [-0.4, -0.2) is 55.8 Å². The molecule has 3 N–H and O–H groups in total. The molecule has 1 atom stereocenters. The van der Waals surface area contributed by atoms with Gasteiger partial charge in [0.1, 0.15) is 5.02 Å². The van der Waals surface area contributed by atoms with Gasteiger partial charge < -0.3 is 20.9 Å². The fraction of sp³-hybridized carbons (Fsp3) is 0.379. The molecule has 1 unspecified atom stereocenters. The van der Waals surface area contributed by atoms with E-state index in [9.17, 15) is 9.59 Å². The van der Waals surface area contributed by atoms with Gasteiger partial charge in [0.15, 0.2) is 5.82 Å². The van der Waals surface area contributed by atoms with Crippen molar-refractivity contribution in [2.75, 3.05) is 29.0 Å². The number of hydrogen-bond acceptors (Lipinski definition) is 8. The molecular weight excluding hydrogens is 542 g/mol. The molecule has 41 heavy (non-hydrogen) atoms. The highest BCUT2D eigenvalue weighted by Gasteiger charge is 2.26. The van der Waals surface area contributed by atoms with Crippen molar-refractivity contribution in [1.29, 1.82) is 0 Å². The van der Waals surface area contributed by atoms with Crippen molar-refractivity contribution < 1.29 is 9.59 Å². The molecule has 0 saturated carbocycles. The normalized spacial score (nSPS) is 18.6. The van der Waals surface area contributed by atoms with E-state index in [-0.39, 0.29) is 23.7 Å². The lowest BCUT2D eigenvalue weighted by Crippen LogP contribution is -2.39. The number of nitrogens with zero attached hydrogens (tertiary/aromatic N) is 6. The third kappa shape index (κ3) is 6.40. The van der Waals surface area contributed by atoms with E-state index in [0.717, 1.165) is 54.7 Å². The van der Waals surface area contributed by atoms with Gasteiger partial charge >= 0.3 is 0 Å². The summed E-state index contributed by atoms with van der Waals surface area (Å²) < 4.78 is 1.63. The number of aromatic nitrogens is 4. The van der Waals surface area contributed by atoms with Crippen LogP contribution in [0.1, 0.15) is 48.0 Å². The first-order valence-electron chi connectivity index (χ1n) is 13.9. The predicted octanol–water partition coefficient (Wildman–Crippen LogP) is 4.78. The maximum atomic E-state index is 13.2. The Labute approximate surface area is 243 Å². The summed E-state index contributed by atoms with van der Waals surface area (Å²) in [7, 11) is 1.80. The minimum atomic E-state index is -0.0148. The average Bonchev–Trinajstić information content (AvgIpc) is 3.41. The van der Waals surface area contributed by atoms with Crippen LogP contribution in [0.5, 0.6) is 0 Å². The molecule has 6 rings (SSSR count). The molecule has 0 spiro atoms. The zero-order valence-corrected chi connectivity index (χ0v) is 23.6. The van der Waals surface area contributed by atoms with Crippen LogP contribution in [0.2, 0.25) is 5.02 Å². The van der Waals surface area contributed by atoms with Crippen LogP contribution < -0.4 is 16.0 Å². The molecule has 3 aliphatic rings. The number of nitrogens with one attached hydrogen (secondary N) is 3. The molecule has 3 aromatic rings. The topological polar surface area (TPSA) is 129 Å². The minimum absolute atomic E-state index is 0.00409. The van der Waals surface area contributed by atoms with Crippen LogP contribution in [0.4, 0.5) is 23.1 Å². The van der Waals surface area contributed by atoms with E-state index in [1.54, 1.807) is 36.5 Å². The molecular formula is C29H32ClN9O2. The number of aliphatic imine (C=N–C) groups is 1. The van der Waals surface area contributed by atoms with Crippen LogP contribution in [0, 0.1) is 11.8 Å². The number of hydrogen-bond donors (Lipinski definition) is 3. The van der Waals surface area contributed by atoms with Crippen LogP contribution in [0.25, 0.3) is 0 Å². The second-order valence-corrected chi connectivity index (χ2v) is 11.3. The Balaban J connectivity index is 1.13. The SMILES string of the molecule is Cn1cc(C(=O)N2CCC(CC(=O)Nc3ccc4cc3CCC3C=NC=C(C3)Nc3ncc(Cl)c(n3)N4)CC2)cn1. The molecule has 11 nitrogen and oxygen atoms in total. The highest BCUT2D eigenvalue weighted by molar-refractivity contribution is 6.32. The standard InChI is InChI=1S/C29H32ClN9O2/c1-38-17-21(14-33-38)28(41)39-8-6-18(7-9-39)11-26(40)36-25-5-4-22-12-20(25)3-2-19-10-23(15-31-13-19)35-29-32-16-24(30)27(34-22)37-29/h4-5,12-19H,2-3,6-11H2,1H3,(H,36,40)(H2,32,34,35,37). The predicted molar refractivity (Wildman–Crippen MR) is 158 cm³/mol. The van der Waals surface area contributed by atoms with Crippen molar-refractivity contribution in [1.82, 2.24) is 24.6 Å². The molecule has 1 fully saturated rings. The number of rotatable bonds is 4. The summed E-state index contributed by atoms with van der Waals surface area (Å²) >= 11 is 6.39. The Morgan fingerprint density at radius 1 is 1.15 bits per heavy atom. The van der Waals surface area contributed by atoms with E-state index in [2.05, 4.69) is 36.0 Å². The summed E-state index contributed by atoms with van der Waals surface area (Å²) in [6, 6.07) is 5.88. The number of likely N-dealkylation sites (tertiary alicyclic amines) is 1. The number of anilines is 4. The van der Waals surface area contributed by atoms with Gasteiger partial charge in [-0.3, -0.25) is 19.3 Å². The minimum Gasteiger partial charge on any atom is -0.339 e. The van der Waals surface area contributed by atoms with Gasteiger partial charge in [-0.05, 0) is 61.8 Å². The molecule has 1 saturated heterocycles. The summed E-state index contributed by atoms with van der Waals surface area (Å²) in [5.41, 5.74) is 4.20. The Morgan fingerprint density at radius 3 is 2.80 bits per heavy atom. The van der Waals surface area contributed by atoms with Crippen molar-refractivity contribution >= 4 is 52.8 Å². The third-order valence-electron chi connectivity index (χ3n) is 7.78. The number of carbonyl (C=O) groups is 2. The lowest BCUT2D eigenvalue weighted by Gasteiger charge is -2.31. The lowest BCUT2D eigenvalue weighted by atomic mass is 9.92. The fourth-order valence-corrected chi connectivity index (χ4v) is 5.70. The van der Waals surface area contributed by atoms with Crippen molar-refractivity contribution in [2.45, 2.75) is 38.5 Å². The Bertz CT molecular complexity index is 1520. The lowest BCUT2D eigenvalue weighted by molar-refractivity contribution is -0.117.